The third-order valence-corrected chi connectivity index (χ3v) is 5.39. The van der Waals surface area contributed by atoms with Gasteiger partial charge in [0.15, 0.2) is 5.82 Å². The molecular weight excluding hydrogens is 254 g/mol. The van der Waals surface area contributed by atoms with E-state index in [0.717, 1.165) is 36.7 Å². The van der Waals surface area contributed by atoms with Gasteiger partial charge in [-0.25, -0.2) is 0 Å². The van der Waals surface area contributed by atoms with Crippen molar-refractivity contribution in [3.8, 4) is 0 Å². The van der Waals surface area contributed by atoms with E-state index in [0.29, 0.717) is 5.25 Å². The van der Waals surface area contributed by atoms with Crippen LogP contribution in [-0.2, 0) is 6.42 Å². The maximum atomic E-state index is 5.71. The molecule has 0 amide bonds. The predicted molar refractivity (Wildman–Crippen MR) is 73.4 cm³/mol. The second-order valence-electron chi connectivity index (χ2n) is 4.35. The molecule has 96 valence electrons. The molecule has 2 heterocycles. The van der Waals surface area contributed by atoms with Crippen molar-refractivity contribution < 1.29 is 4.52 Å². The van der Waals surface area contributed by atoms with E-state index in [-0.39, 0.29) is 6.04 Å². The number of hydrogen-bond donors (Lipinski definition) is 1. The van der Waals surface area contributed by atoms with Crippen LogP contribution >= 0.6 is 23.5 Å². The van der Waals surface area contributed by atoms with Crippen molar-refractivity contribution in [2.45, 2.75) is 37.5 Å². The molecule has 1 aliphatic rings. The Kier molecular flexibility index (Phi) is 5.18. The largest absolute Gasteiger partial charge is 0.339 e. The summed E-state index contributed by atoms with van der Waals surface area (Å²) in [6, 6.07) is 0.252. The Balaban J connectivity index is 1.82. The molecule has 2 atom stereocenters. The maximum Gasteiger partial charge on any atom is 0.226 e. The molecule has 6 heteroatoms. The lowest BCUT2D eigenvalue weighted by molar-refractivity contribution is 0.368. The molecule has 1 aromatic rings. The summed E-state index contributed by atoms with van der Waals surface area (Å²) in [5.74, 6) is 5.16. The molecule has 1 saturated heterocycles. The molecule has 2 unspecified atom stereocenters. The number of hydrogen-bond acceptors (Lipinski definition) is 6. The van der Waals surface area contributed by atoms with Crippen molar-refractivity contribution in [2.75, 3.05) is 17.3 Å². The first kappa shape index (κ1) is 13.2. The fraction of sp³-hybridized carbons (Fsp3) is 0.818. The number of aromatic nitrogens is 2. The molecule has 0 spiro atoms. The average Bonchev–Trinajstić information content (AvgIpc) is 2.78. The molecule has 0 bridgehead atoms. The van der Waals surface area contributed by atoms with E-state index in [2.05, 4.69) is 10.1 Å². The van der Waals surface area contributed by atoms with E-state index >= 15 is 0 Å². The van der Waals surface area contributed by atoms with Gasteiger partial charge in [-0.3, -0.25) is 0 Å². The minimum Gasteiger partial charge on any atom is -0.339 e. The van der Waals surface area contributed by atoms with Crippen molar-refractivity contribution in [1.82, 2.24) is 10.1 Å². The molecule has 0 aromatic carbocycles. The summed E-state index contributed by atoms with van der Waals surface area (Å²) in [5.41, 5.74) is 5.71. The predicted octanol–water partition coefficient (Wildman–Crippen LogP) is 2.26. The SMILES string of the molecule is CC(N)CCCc1nc(C2CSCCS2)no1. The lowest BCUT2D eigenvalue weighted by atomic mass is 10.1. The van der Waals surface area contributed by atoms with E-state index in [4.69, 9.17) is 10.3 Å². The van der Waals surface area contributed by atoms with Crippen LogP contribution in [0.1, 0.15) is 36.7 Å². The molecule has 2 rings (SSSR count). The highest BCUT2D eigenvalue weighted by molar-refractivity contribution is 8.06. The van der Waals surface area contributed by atoms with Crippen molar-refractivity contribution >= 4 is 23.5 Å². The van der Waals surface area contributed by atoms with Crippen LogP contribution in [0.4, 0.5) is 0 Å². The van der Waals surface area contributed by atoms with Crippen LogP contribution in [0.5, 0.6) is 0 Å². The van der Waals surface area contributed by atoms with Gasteiger partial charge in [0.25, 0.3) is 0 Å². The standard InChI is InChI=1S/C11H19N3OS2/c1-8(12)3-2-4-10-13-11(14-15-10)9-7-16-5-6-17-9/h8-9H,2-7,12H2,1H3. The Morgan fingerprint density at radius 2 is 2.41 bits per heavy atom. The zero-order valence-electron chi connectivity index (χ0n) is 10.1. The highest BCUT2D eigenvalue weighted by atomic mass is 32.2. The number of nitrogens with two attached hydrogens (primary N) is 1. The molecule has 4 nitrogen and oxygen atoms in total. The summed E-state index contributed by atoms with van der Waals surface area (Å²) < 4.78 is 5.28. The van der Waals surface area contributed by atoms with Crippen LogP contribution in [0.15, 0.2) is 4.52 Å². The molecule has 0 saturated carbocycles. The zero-order valence-corrected chi connectivity index (χ0v) is 11.7. The third kappa shape index (κ3) is 4.19. The number of aryl methyl sites for hydroxylation is 1. The molecule has 1 aromatic heterocycles. The third-order valence-electron chi connectivity index (χ3n) is 2.64. The van der Waals surface area contributed by atoms with Crippen molar-refractivity contribution in [3.05, 3.63) is 11.7 Å². The van der Waals surface area contributed by atoms with Gasteiger partial charge in [0.05, 0.1) is 5.25 Å². The monoisotopic (exact) mass is 273 g/mol. The average molecular weight is 273 g/mol. The van der Waals surface area contributed by atoms with Gasteiger partial charge in [0.1, 0.15) is 0 Å². The van der Waals surface area contributed by atoms with Gasteiger partial charge in [-0.15, -0.1) is 11.8 Å². The highest BCUT2D eigenvalue weighted by Gasteiger charge is 2.21. The van der Waals surface area contributed by atoms with E-state index in [9.17, 15) is 0 Å². The topological polar surface area (TPSA) is 64.9 Å². The summed E-state index contributed by atoms with van der Waals surface area (Å²) in [6.45, 7) is 2.02. The minimum atomic E-state index is 0.252. The Hall–Kier alpha value is -0.200. The zero-order chi connectivity index (χ0) is 12.1. The Bertz CT molecular complexity index is 337. The van der Waals surface area contributed by atoms with E-state index in [1.807, 2.05) is 30.4 Å². The lowest BCUT2D eigenvalue weighted by Gasteiger charge is -2.16. The molecule has 0 radical (unpaired) electrons. The minimum absolute atomic E-state index is 0.252. The van der Waals surface area contributed by atoms with Crippen LogP contribution in [0.2, 0.25) is 0 Å². The molecular formula is C11H19N3OS2. The maximum absolute atomic E-state index is 5.71. The molecule has 2 N–H and O–H groups in total. The highest BCUT2D eigenvalue weighted by Crippen LogP contribution is 2.35. The van der Waals surface area contributed by atoms with Gasteiger partial charge >= 0.3 is 0 Å². The first-order chi connectivity index (χ1) is 8.25. The summed E-state index contributed by atoms with van der Waals surface area (Å²) in [6.07, 6.45) is 2.87. The van der Waals surface area contributed by atoms with Crippen LogP contribution in [0.25, 0.3) is 0 Å². The second-order valence-corrected chi connectivity index (χ2v) is 6.81. The van der Waals surface area contributed by atoms with Gasteiger partial charge in [-0.2, -0.15) is 16.7 Å². The first-order valence-electron chi connectivity index (χ1n) is 6.03. The Morgan fingerprint density at radius 1 is 1.53 bits per heavy atom. The Morgan fingerprint density at radius 3 is 3.12 bits per heavy atom. The van der Waals surface area contributed by atoms with Crippen molar-refractivity contribution in [3.63, 3.8) is 0 Å². The molecule has 1 aliphatic heterocycles. The van der Waals surface area contributed by atoms with Crippen LogP contribution < -0.4 is 5.73 Å². The Labute approximate surface area is 110 Å². The van der Waals surface area contributed by atoms with Crippen molar-refractivity contribution in [1.29, 1.82) is 0 Å². The van der Waals surface area contributed by atoms with Gasteiger partial charge < -0.3 is 10.3 Å². The van der Waals surface area contributed by atoms with E-state index in [1.165, 1.54) is 11.5 Å². The van der Waals surface area contributed by atoms with Crippen LogP contribution in [0.3, 0.4) is 0 Å². The summed E-state index contributed by atoms with van der Waals surface area (Å²) in [4.78, 5) is 4.48. The van der Waals surface area contributed by atoms with Gasteiger partial charge in [-0.1, -0.05) is 5.16 Å². The summed E-state index contributed by atoms with van der Waals surface area (Å²) >= 11 is 3.90. The van der Waals surface area contributed by atoms with Gasteiger partial charge in [0.2, 0.25) is 5.89 Å². The van der Waals surface area contributed by atoms with Crippen LogP contribution in [0, 0.1) is 0 Å². The number of rotatable bonds is 5. The van der Waals surface area contributed by atoms with E-state index < -0.39 is 0 Å². The first-order valence-corrected chi connectivity index (χ1v) is 8.23. The quantitative estimate of drug-likeness (QED) is 0.887. The fourth-order valence-electron chi connectivity index (χ4n) is 1.71. The second kappa shape index (κ2) is 6.66. The lowest BCUT2D eigenvalue weighted by Crippen LogP contribution is -2.14. The fourth-order valence-corrected chi connectivity index (χ4v) is 4.30. The normalized spacial score (nSPS) is 22.6. The van der Waals surface area contributed by atoms with Gasteiger partial charge in [0, 0.05) is 29.7 Å². The molecule has 0 aliphatic carbocycles. The van der Waals surface area contributed by atoms with E-state index in [1.54, 1.807) is 0 Å². The van der Waals surface area contributed by atoms with Gasteiger partial charge in [-0.05, 0) is 19.8 Å². The van der Waals surface area contributed by atoms with Crippen molar-refractivity contribution in [2.24, 2.45) is 5.73 Å². The van der Waals surface area contributed by atoms with Crippen LogP contribution in [-0.4, -0.2) is 33.4 Å². The summed E-state index contributed by atoms with van der Waals surface area (Å²) in [7, 11) is 0. The molecule has 17 heavy (non-hydrogen) atoms. The smallest absolute Gasteiger partial charge is 0.226 e. The molecule has 1 fully saturated rings. The number of nitrogens with zero attached hydrogens (tertiary/aromatic N) is 2. The summed E-state index contributed by atoms with van der Waals surface area (Å²) in [5, 5.41) is 4.50. The number of thioether (sulfide) groups is 2.